The highest BCUT2D eigenvalue weighted by molar-refractivity contribution is 9.10. The maximum absolute atomic E-state index is 13.8. The fourth-order valence-corrected chi connectivity index (χ4v) is 2.03. The molecule has 0 saturated carbocycles. The molecule has 0 saturated heterocycles. The van der Waals surface area contributed by atoms with E-state index in [2.05, 4.69) is 41.2 Å². The van der Waals surface area contributed by atoms with Gasteiger partial charge in [-0.1, -0.05) is 0 Å². The minimum Gasteiger partial charge on any atom is -0.364 e. The Morgan fingerprint density at radius 1 is 1.56 bits per heavy atom. The molecule has 0 radical (unpaired) electrons. The number of halogens is 2. The van der Waals surface area contributed by atoms with Crippen molar-refractivity contribution >= 4 is 43.5 Å². The molecule has 0 aliphatic rings. The van der Waals surface area contributed by atoms with Gasteiger partial charge >= 0.3 is 0 Å². The zero-order chi connectivity index (χ0) is 21.9. The van der Waals surface area contributed by atoms with Gasteiger partial charge in [-0.15, -0.1) is 0 Å². The van der Waals surface area contributed by atoms with Crippen LogP contribution in [0.15, 0.2) is 32.2 Å². The molecular weight excluding hydrogens is 425 g/mol. The molecule has 25 heavy (non-hydrogen) atoms. The molecule has 6 N–H and O–H groups in total. The van der Waals surface area contributed by atoms with Gasteiger partial charge in [0.25, 0.3) is 10.2 Å². The fraction of sp³-hybridized carbons (Fsp3) is 0.182. The first-order chi connectivity index (χ1) is 13.5. The van der Waals surface area contributed by atoms with Gasteiger partial charge in [-0.05, 0) is 44.4 Å². The molecule has 1 unspecified atom stereocenters. The monoisotopic (exact) mass is 441 g/mol. The second kappa shape index (κ2) is 8.30. The number of amidine groups is 1. The number of aliphatic imine (C=N–C) groups is 1. The van der Waals surface area contributed by atoms with Gasteiger partial charge in [0.15, 0.2) is 11.5 Å². The first kappa shape index (κ1) is 14.1. The molecule has 0 bridgehead atoms. The summed E-state index contributed by atoms with van der Waals surface area (Å²) in [6.07, 6.45) is 0. The summed E-state index contributed by atoms with van der Waals surface area (Å²) in [5.74, 6) is -1.80. The SMILES string of the molecule is [2H]c1c([2H])c(N=C(NO)c2nonc2NCC([2H])NS(N)(=O)=O)c([2H])c(Br)c1F. The summed E-state index contributed by atoms with van der Waals surface area (Å²) in [5.41, 5.74) is 0.913. The molecule has 1 atom stereocenters. The smallest absolute Gasteiger partial charge is 0.274 e. The van der Waals surface area contributed by atoms with E-state index in [4.69, 9.17) is 10.6 Å². The number of benzene rings is 1. The molecule has 0 amide bonds. The first-order valence-electron chi connectivity index (χ1n) is 8.26. The minimum absolute atomic E-state index is 0.191. The van der Waals surface area contributed by atoms with Gasteiger partial charge in [-0.2, -0.15) is 8.42 Å². The number of anilines is 1. The van der Waals surface area contributed by atoms with Crippen molar-refractivity contribution < 1.29 is 28.1 Å². The molecule has 136 valence electrons. The molecule has 1 heterocycles. The lowest BCUT2D eigenvalue weighted by molar-refractivity contribution is 0.234. The van der Waals surface area contributed by atoms with E-state index >= 15 is 0 Å². The molecular formula is C11H13BrFN7O4S. The van der Waals surface area contributed by atoms with Crippen LogP contribution in [-0.2, 0) is 10.2 Å². The zero-order valence-electron chi connectivity index (χ0n) is 16.0. The Bertz CT molecular complexity index is 1030. The summed E-state index contributed by atoms with van der Waals surface area (Å²) in [6, 6.07) is -2.12. The average Bonchev–Trinajstić information content (AvgIpc) is 3.10. The summed E-state index contributed by atoms with van der Waals surface area (Å²) in [4.78, 5) is 3.81. The van der Waals surface area contributed by atoms with E-state index in [0.717, 1.165) is 0 Å². The van der Waals surface area contributed by atoms with Gasteiger partial charge in [0.1, 0.15) is 5.82 Å². The van der Waals surface area contributed by atoms with Gasteiger partial charge in [0, 0.05) is 14.4 Å². The van der Waals surface area contributed by atoms with Crippen molar-refractivity contribution in [2.45, 2.75) is 0 Å². The first-order valence-corrected chi connectivity index (χ1v) is 8.52. The molecule has 2 aromatic rings. The van der Waals surface area contributed by atoms with Crippen molar-refractivity contribution in [2.24, 2.45) is 10.1 Å². The van der Waals surface area contributed by atoms with E-state index in [-0.39, 0.29) is 18.1 Å². The van der Waals surface area contributed by atoms with E-state index in [1.165, 1.54) is 0 Å². The van der Waals surface area contributed by atoms with Crippen LogP contribution >= 0.6 is 15.9 Å². The van der Waals surface area contributed by atoms with Crippen molar-refractivity contribution in [1.82, 2.24) is 20.5 Å². The number of nitrogens with zero attached hydrogens (tertiary/aromatic N) is 3. The standard InChI is InChI=1S/C11H13BrFN7O4S/c12-7-5-6(1-2-8(7)13)17-11(18-21)9-10(20-24-19-9)15-3-4-16-25(14,22)23/h1-2,5,16,21H,3-4H2,(H,15,20)(H,17,18)(H2,14,22,23)/i1D,2D,4D,5D. The summed E-state index contributed by atoms with van der Waals surface area (Å²) >= 11 is 2.79. The van der Waals surface area contributed by atoms with Crippen LogP contribution in [0.3, 0.4) is 0 Å². The molecule has 1 aromatic carbocycles. The second-order valence-electron chi connectivity index (χ2n) is 4.13. The van der Waals surface area contributed by atoms with E-state index in [9.17, 15) is 18.0 Å². The van der Waals surface area contributed by atoms with Gasteiger partial charge in [-0.25, -0.2) is 23.9 Å². The predicted molar refractivity (Wildman–Crippen MR) is 89.1 cm³/mol. The maximum Gasteiger partial charge on any atom is 0.274 e. The van der Waals surface area contributed by atoms with Crippen LogP contribution in [0.25, 0.3) is 0 Å². The Kier molecular flexibility index (Phi) is 4.68. The third-order valence-electron chi connectivity index (χ3n) is 2.37. The van der Waals surface area contributed by atoms with E-state index in [1.54, 1.807) is 10.2 Å². The van der Waals surface area contributed by atoms with Crippen LogP contribution in [0, 0.1) is 5.82 Å². The number of hydrogen-bond acceptors (Lipinski definition) is 8. The molecule has 11 nitrogen and oxygen atoms in total. The highest BCUT2D eigenvalue weighted by Crippen LogP contribution is 2.23. The van der Waals surface area contributed by atoms with Crippen LogP contribution in [0.5, 0.6) is 0 Å². The van der Waals surface area contributed by atoms with E-state index in [1.807, 2.05) is 0 Å². The van der Waals surface area contributed by atoms with E-state index < -0.39 is 56.7 Å². The molecule has 0 aliphatic carbocycles. The lowest BCUT2D eigenvalue weighted by Crippen LogP contribution is -2.34. The Labute approximate surface area is 155 Å². The summed E-state index contributed by atoms with van der Waals surface area (Å²) in [7, 11) is -4.11. The zero-order valence-corrected chi connectivity index (χ0v) is 14.4. The molecule has 1 aromatic heterocycles. The average molecular weight is 442 g/mol. The molecule has 14 heteroatoms. The summed E-state index contributed by atoms with van der Waals surface area (Å²) in [5, 5.41) is 23.6. The van der Waals surface area contributed by atoms with Crippen molar-refractivity contribution in [3.8, 4) is 0 Å². The van der Waals surface area contributed by atoms with Crippen molar-refractivity contribution in [1.29, 1.82) is 0 Å². The second-order valence-corrected chi connectivity index (χ2v) is 6.25. The number of nitrogens with two attached hydrogens (primary N) is 1. The molecule has 0 fully saturated rings. The van der Waals surface area contributed by atoms with E-state index in [0.29, 0.717) is 0 Å². The van der Waals surface area contributed by atoms with Crippen LogP contribution in [-0.4, -0.2) is 42.8 Å². The third kappa shape index (κ3) is 5.71. The van der Waals surface area contributed by atoms with Gasteiger partial charge in [0.05, 0.1) is 14.3 Å². The lowest BCUT2D eigenvalue weighted by atomic mass is 10.3. The summed E-state index contributed by atoms with van der Waals surface area (Å²) in [6.45, 7) is -1.75. The normalized spacial score (nSPS) is 15.8. The van der Waals surface area contributed by atoms with Crippen LogP contribution in [0.2, 0.25) is 0 Å². The van der Waals surface area contributed by atoms with Crippen LogP contribution in [0.1, 0.15) is 11.2 Å². The van der Waals surface area contributed by atoms with Gasteiger partial charge in [-0.3, -0.25) is 10.7 Å². The topological polar surface area (TPSA) is 168 Å². The number of hydrogen-bond donors (Lipinski definition) is 5. The molecule has 0 aliphatic heterocycles. The Morgan fingerprint density at radius 2 is 2.32 bits per heavy atom. The van der Waals surface area contributed by atoms with Crippen LogP contribution in [0.4, 0.5) is 15.9 Å². The highest BCUT2D eigenvalue weighted by atomic mass is 79.9. The van der Waals surface area contributed by atoms with Crippen LogP contribution < -0.4 is 20.7 Å². The number of rotatable bonds is 7. The Morgan fingerprint density at radius 3 is 3.00 bits per heavy atom. The van der Waals surface area contributed by atoms with Crippen molar-refractivity contribution in [3.05, 3.63) is 34.1 Å². The maximum atomic E-state index is 13.8. The van der Waals surface area contributed by atoms with Crippen molar-refractivity contribution in [2.75, 3.05) is 18.4 Å². The predicted octanol–water partition coefficient (Wildman–Crippen LogP) is 0.233. The molecule has 2 rings (SSSR count). The summed E-state index contributed by atoms with van der Waals surface area (Å²) < 4.78 is 72.2. The Balaban J connectivity index is 2.37. The lowest BCUT2D eigenvalue weighted by Gasteiger charge is -2.06. The number of aromatic nitrogens is 2. The van der Waals surface area contributed by atoms with Gasteiger partial charge < -0.3 is 5.32 Å². The third-order valence-corrected chi connectivity index (χ3v) is 3.41. The Hall–Kier alpha value is -2.13. The number of nitrogens with one attached hydrogen (secondary N) is 3. The van der Waals surface area contributed by atoms with Crippen molar-refractivity contribution in [3.63, 3.8) is 0 Å². The highest BCUT2D eigenvalue weighted by Gasteiger charge is 2.16. The minimum atomic E-state index is -4.11. The molecule has 0 spiro atoms. The quantitative estimate of drug-likeness (QED) is 0.231. The van der Waals surface area contributed by atoms with Gasteiger partial charge in [0.2, 0.25) is 5.82 Å². The number of hydroxylamine groups is 1. The largest absolute Gasteiger partial charge is 0.364 e. The fourth-order valence-electron chi connectivity index (χ4n) is 1.42.